The molecule has 0 heterocycles. The quantitative estimate of drug-likeness (QED) is 0.430. The summed E-state index contributed by atoms with van der Waals surface area (Å²) in [5.41, 5.74) is 7.83. The van der Waals surface area contributed by atoms with Gasteiger partial charge < -0.3 is 15.2 Å². The number of carboxylic acids is 1. The van der Waals surface area contributed by atoms with Crippen LogP contribution < -0.4 is 10.1 Å². The average Bonchev–Trinajstić information content (AvgIpc) is 2.81. The van der Waals surface area contributed by atoms with Crippen LogP contribution in [0.3, 0.4) is 0 Å². The Morgan fingerprint density at radius 1 is 1.06 bits per heavy atom. The topological polar surface area (TPSA) is 58.6 Å². The zero-order chi connectivity index (χ0) is 23.5. The molecule has 1 fully saturated rings. The van der Waals surface area contributed by atoms with E-state index in [2.05, 4.69) is 72.9 Å². The lowest BCUT2D eigenvalue weighted by molar-refractivity contribution is -0.145. The predicted octanol–water partition coefficient (Wildman–Crippen LogP) is 6.11. The Hall–Kier alpha value is -3.11. The SMILES string of the molecule is Cc1cc(CCOc2ccc3c(c2)CCCC3NC2CC(C(=O)O)C2)ccc1-c1ccccc1. The lowest BCUT2D eigenvalue weighted by Crippen LogP contribution is -2.46. The van der Waals surface area contributed by atoms with Gasteiger partial charge in [-0.25, -0.2) is 0 Å². The molecule has 4 nitrogen and oxygen atoms in total. The second-order valence-electron chi connectivity index (χ2n) is 9.79. The van der Waals surface area contributed by atoms with Crippen LogP contribution in [0.1, 0.15) is 54.0 Å². The van der Waals surface area contributed by atoms with Gasteiger partial charge >= 0.3 is 5.97 Å². The van der Waals surface area contributed by atoms with Gasteiger partial charge in [0.2, 0.25) is 0 Å². The summed E-state index contributed by atoms with van der Waals surface area (Å²) in [6.07, 6.45) is 5.70. The zero-order valence-electron chi connectivity index (χ0n) is 19.8. The molecule has 1 unspecified atom stereocenters. The fourth-order valence-electron chi connectivity index (χ4n) is 5.40. The minimum Gasteiger partial charge on any atom is -0.493 e. The molecule has 0 saturated heterocycles. The minimum absolute atomic E-state index is 0.172. The first-order valence-corrected chi connectivity index (χ1v) is 12.5. The standard InChI is InChI=1S/C30H33NO3/c1-20-16-21(10-12-27(20)22-6-3-2-4-7-22)14-15-34-26-11-13-28-23(19-26)8-5-9-29(28)31-25-17-24(18-25)30(32)33/h2-4,6-7,10-13,16,19,24-25,29,31H,5,8-9,14-15,17-18H2,1H3,(H,32,33). The Labute approximate surface area is 202 Å². The second kappa shape index (κ2) is 10.0. The van der Waals surface area contributed by atoms with E-state index in [9.17, 15) is 4.79 Å². The molecule has 0 bridgehead atoms. The third-order valence-electron chi connectivity index (χ3n) is 7.39. The summed E-state index contributed by atoms with van der Waals surface area (Å²) in [6, 6.07) is 24.3. The van der Waals surface area contributed by atoms with E-state index in [1.165, 1.54) is 33.4 Å². The van der Waals surface area contributed by atoms with E-state index in [-0.39, 0.29) is 5.92 Å². The van der Waals surface area contributed by atoms with Crippen LogP contribution >= 0.6 is 0 Å². The van der Waals surface area contributed by atoms with Gasteiger partial charge in [0.15, 0.2) is 0 Å². The molecule has 3 aromatic carbocycles. The van der Waals surface area contributed by atoms with E-state index in [0.29, 0.717) is 18.7 Å². The largest absolute Gasteiger partial charge is 0.493 e. The number of aliphatic carboxylic acids is 1. The first kappa shape index (κ1) is 22.7. The van der Waals surface area contributed by atoms with Crippen molar-refractivity contribution in [2.75, 3.05) is 6.61 Å². The highest BCUT2D eigenvalue weighted by atomic mass is 16.5. The van der Waals surface area contributed by atoms with E-state index < -0.39 is 5.97 Å². The van der Waals surface area contributed by atoms with E-state index in [0.717, 1.165) is 44.3 Å². The molecule has 4 heteroatoms. The molecule has 2 aliphatic rings. The highest BCUT2D eigenvalue weighted by Gasteiger charge is 2.36. The van der Waals surface area contributed by atoms with Crippen molar-refractivity contribution in [3.05, 3.63) is 89.0 Å². The molecule has 2 N–H and O–H groups in total. The van der Waals surface area contributed by atoms with Crippen LogP contribution in [0.2, 0.25) is 0 Å². The Morgan fingerprint density at radius 3 is 2.65 bits per heavy atom. The number of carbonyl (C=O) groups is 1. The number of carboxylic acid groups (broad SMARTS) is 1. The third kappa shape index (κ3) is 5.02. The third-order valence-corrected chi connectivity index (χ3v) is 7.39. The number of hydrogen-bond acceptors (Lipinski definition) is 3. The van der Waals surface area contributed by atoms with Crippen molar-refractivity contribution in [3.8, 4) is 16.9 Å². The number of aryl methyl sites for hydroxylation is 2. The zero-order valence-corrected chi connectivity index (χ0v) is 19.8. The average molecular weight is 456 g/mol. The van der Waals surface area contributed by atoms with Gasteiger partial charge in [0.25, 0.3) is 0 Å². The molecule has 1 atom stereocenters. The predicted molar refractivity (Wildman–Crippen MR) is 135 cm³/mol. The first-order valence-electron chi connectivity index (χ1n) is 12.5. The number of rotatable bonds is 8. The number of ether oxygens (including phenoxy) is 1. The van der Waals surface area contributed by atoms with Gasteiger partial charge in [-0.1, -0.05) is 54.6 Å². The Kier molecular flexibility index (Phi) is 6.68. The highest BCUT2D eigenvalue weighted by Crippen LogP contribution is 2.36. The smallest absolute Gasteiger partial charge is 0.306 e. The number of benzene rings is 3. The van der Waals surface area contributed by atoms with Crippen molar-refractivity contribution in [2.24, 2.45) is 5.92 Å². The summed E-state index contributed by atoms with van der Waals surface area (Å²) in [6.45, 7) is 2.83. The minimum atomic E-state index is -0.661. The molecule has 0 amide bonds. The first-order chi connectivity index (χ1) is 16.6. The molecule has 1 saturated carbocycles. The van der Waals surface area contributed by atoms with Crippen molar-refractivity contribution in [1.29, 1.82) is 0 Å². The summed E-state index contributed by atoms with van der Waals surface area (Å²) in [4.78, 5) is 11.1. The van der Waals surface area contributed by atoms with Crippen molar-refractivity contribution >= 4 is 5.97 Å². The van der Waals surface area contributed by atoms with Gasteiger partial charge in [-0.3, -0.25) is 4.79 Å². The van der Waals surface area contributed by atoms with Crippen LogP contribution in [0.5, 0.6) is 5.75 Å². The van der Waals surface area contributed by atoms with E-state index in [1.54, 1.807) is 0 Å². The maximum atomic E-state index is 11.1. The molecule has 0 aliphatic heterocycles. The molecule has 0 aromatic heterocycles. The monoisotopic (exact) mass is 455 g/mol. The van der Waals surface area contributed by atoms with Crippen LogP contribution in [0, 0.1) is 12.8 Å². The maximum Gasteiger partial charge on any atom is 0.306 e. The molecule has 5 rings (SSSR count). The van der Waals surface area contributed by atoms with Crippen LogP contribution in [0.15, 0.2) is 66.7 Å². The molecule has 2 aliphatic carbocycles. The van der Waals surface area contributed by atoms with Crippen LogP contribution in [0.25, 0.3) is 11.1 Å². The summed E-state index contributed by atoms with van der Waals surface area (Å²) < 4.78 is 6.13. The fraction of sp³-hybridized carbons (Fsp3) is 0.367. The van der Waals surface area contributed by atoms with Gasteiger partial charge in [0, 0.05) is 18.5 Å². The van der Waals surface area contributed by atoms with E-state index in [4.69, 9.17) is 9.84 Å². The number of hydrogen-bond donors (Lipinski definition) is 2. The molecule has 34 heavy (non-hydrogen) atoms. The van der Waals surface area contributed by atoms with Crippen molar-refractivity contribution in [1.82, 2.24) is 5.32 Å². The Bertz CT molecular complexity index is 1150. The Balaban J connectivity index is 1.16. The summed E-state index contributed by atoms with van der Waals surface area (Å²) >= 11 is 0. The molecule has 3 aromatic rings. The molecular formula is C30H33NO3. The van der Waals surface area contributed by atoms with Crippen LogP contribution in [-0.2, 0) is 17.6 Å². The van der Waals surface area contributed by atoms with Gasteiger partial charge in [-0.15, -0.1) is 0 Å². The lowest BCUT2D eigenvalue weighted by atomic mass is 9.78. The van der Waals surface area contributed by atoms with Gasteiger partial charge in [0.1, 0.15) is 5.75 Å². The van der Waals surface area contributed by atoms with Crippen LogP contribution in [0.4, 0.5) is 0 Å². The van der Waals surface area contributed by atoms with Gasteiger partial charge in [0.05, 0.1) is 12.5 Å². The van der Waals surface area contributed by atoms with Gasteiger partial charge in [-0.05, 0) is 84.5 Å². The Morgan fingerprint density at radius 2 is 1.88 bits per heavy atom. The lowest BCUT2D eigenvalue weighted by Gasteiger charge is -2.38. The summed E-state index contributed by atoms with van der Waals surface area (Å²) in [7, 11) is 0. The maximum absolute atomic E-state index is 11.1. The van der Waals surface area contributed by atoms with E-state index in [1.807, 2.05) is 6.07 Å². The number of fused-ring (bicyclic) bond motifs is 1. The number of nitrogens with one attached hydrogen (secondary N) is 1. The molecule has 0 spiro atoms. The fourth-order valence-corrected chi connectivity index (χ4v) is 5.40. The molecular weight excluding hydrogens is 422 g/mol. The van der Waals surface area contributed by atoms with Gasteiger partial charge in [-0.2, -0.15) is 0 Å². The van der Waals surface area contributed by atoms with Crippen LogP contribution in [-0.4, -0.2) is 23.7 Å². The summed E-state index contributed by atoms with van der Waals surface area (Å²) in [5, 5.41) is 12.8. The second-order valence-corrected chi connectivity index (χ2v) is 9.79. The van der Waals surface area contributed by atoms with Crippen molar-refractivity contribution < 1.29 is 14.6 Å². The van der Waals surface area contributed by atoms with Crippen molar-refractivity contribution in [2.45, 2.75) is 57.5 Å². The summed E-state index contributed by atoms with van der Waals surface area (Å²) in [5.74, 6) is 0.104. The van der Waals surface area contributed by atoms with E-state index >= 15 is 0 Å². The highest BCUT2D eigenvalue weighted by molar-refractivity contribution is 5.71. The normalized spacial score (nSPS) is 21.4. The van der Waals surface area contributed by atoms with Crippen molar-refractivity contribution in [3.63, 3.8) is 0 Å². The molecule has 176 valence electrons. The molecule has 0 radical (unpaired) electrons.